The number of nitrogens with one attached hydrogen (secondary N) is 1. The van der Waals surface area contributed by atoms with Gasteiger partial charge in [0.1, 0.15) is 5.60 Å². The van der Waals surface area contributed by atoms with Crippen molar-refractivity contribution in [3.63, 3.8) is 0 Å². The summed E-state index contributed by atoms with van der Waals surface area (Å²) in [6.45, 7) is 7.10. The summed E-state index contributed by atoms with van der Waals surface area (Å²) in [5.41, 5.74) is 6.99. The third-order valence-electron chi connectivity index (χ3n) is 3.89. The van der Waals surface area contributed by atoms with Gasteiger partial charge in [-0.05, 0) is 39.2 Å². The molecular weight excluding hydrogens is 290 g/mol. The zero-order valence-corrected chi connectivity index (χ0v) is 14.4. The summed E-state index contributed by atoms with van der Waals surface area (Å²) < 4.78 is 5.41. The van der Waals surface area contributed by atoms with Crippen LogP contribution < -0.4 is 11.1 Å². The second kappa shape index (κ2) is 7.79. The van der Waals surface area contributed by atoms with Crippen molar-refractivity contribution in [3.05, 3.63) is 35.9 Å². The third-order valence-corrected chi connectivity index (χ3v) is 3.89. The Morgan fingerprint density at radius 3 is 2.48 bits per heavy atom. The topological polar surface area (TPSA) is 67.6 Å². The molecule has 1 aromatic rings. The molecule has 1 unspecified atom stereocenters. The highest BCUT2D eigenvalue weighted by atomic mass is 16.6. The van der Waals surface area contributed by atoms with Crippen molar-refractivity contribution >= 4 is 6.09 Å². The monoisotopic (exact) mass is 319 g/mol. The molecule has 1 atom stereocenters. The van der Waals surface area contributed by atoms with Gasteiger partial charge in [-0.2, -0.15) is 0 Å². The SMILES string of the molecule is CC(C)(C)OC(=O)N1CCC(NC(N)Cc2ccccc2)CC1. The minimum Gasteiger partial charge on any atom is -0.444 e. The fraction of sp³-hybridized carbons (Fsp3) is 0.611. The smallest absolute Gasteiger partial charge is 0.410 e. The minimum atomic E-state index is -0.440. The Balaban J connectivity index is 1.73. The van der Waals surface area contributed by atoms with Crippen molar-refractivity contribution in [2.75, 3.05) is 13.1 Å². The number of rotatable bonds is 4. The van der Waals surface area contributed by atoms with Crippen molar-refractivity contribution in [3.8, 4) is 0 Å². The summed E-state index contributed by atoms with van der Waals surface area (Å²) in [4.78, 5) is 13.8. The molecule has 1 heterocycles. The van der Waals surface area contributed by atoms with Crippen LogP contribution in [0.4, 0.5) is 4.79 Å². The lowest BCUT2D eigenvalue weighted by Crippen LogP contribution is -2.51. The zero-order chi connectivity index (χ0) is 16.9. The first kappa shape index (κ1) is 17.8. The fourth-order valence-corrected chi connectivity index (χ4v) is 2.78. The van der Waals surface area contributed by atoms with E-state index in [-0.39, 0.29) is 12.3 Å². The summed E-state index contributed by atoms with van der Waals surface area (Å²) in [5, 5.41) is 3.47. The summed E-state index contributed by atoms with van der Waals surface area (Å²) in [6, 6.07) is 10.6. The quantitative estimate of drug-likeness (QED) is 0.837. The first-order valence-corrected chi connectivity index (χ1v) is 8.37. The van der Waals surface area contributed by atoms with Gasteiger partial charge >= 0.3 is 6.09 Å². The van der Waals surface area contributed by atoms with Gasteiger partial charge in [0, 0.05) is 25.6 Å². The van der Waals surface area contributed by atoms with E-state index in [4.69, 9.17) is 10.5 Å². The molecule has 0 radical (unpaired) electrons. The molecule has 0 aromatic heterocycles. The van der Waals surface area contributed by atoms with Gasteiger partial charge in [0.25, 0.3) is 0 Å². The molecule has 1 aromatic carbocycles. The van der Waals surface area contributed by atoms with Crippen LogP contribution in [0.5, 0.6) is 0 Å². The summed E-state index contributed by atoms with van der Waals surface area (Å²) in [6.07, 6.45) is 2.34. The molecule has 1 fully saturated rings. The third kappa shape index (κ3) is 6.20. The number of amides is 1. The highest BCUT2D eigenvalue weighted by Crippen LogP contribution is 2.16. The van der Waals surface area contributed by atoms with Crippen molar-refractivity contribution in [1.82, 2.24) is 10.2 Å². The van der Waals surface area contributed by atoms with Crippen LogP contribution in [0.15, 0.2) is 30.3 Å². The number of hydrogen-bond acceptors (Lipinski definition) is 4. The number of nitrogens with zero attached hydrogens (tertiary/aromatic N) is 1. The molecule has 5 heteroatoms. The maximum absolute atomic E-state index is 12.0. The molecule has 1 saturated heterocycles. The average Bonchev–Trinajstić information content (AvgIpc) is 2.47. The van der Waals surface area contributed by atoms with Gasteiger partial charge in [0.2, 0.25) is 0 Å². The number of benzene rings is 1. The molecule has 128 valence electrons. The molecule has 1 aliphatic heterocycles. The molecule has 0 saturated carbocycles. The molecule has 3 N–H and O–H groups in total. The van der Waals surface area contributed by atoms with Gasteiger partial charge in [-0.1, -0.05) is 30.3 Å². The predicted octanol–water partition coefficient (Wildman–Crippen LogP) is 2.50. The van der Waals surface area contributed by atoms with Crippen molar-refractivity contribution in [2.24, 2.45) is 5.73 Å². The van der Waals surface area contributed by atoms with Crippen molar-refractivity contribution < 1.29 is 9.53 Å². The highest BCUT2D eigenvalue weighted by Gasteiger charge is 2.27. The zero-order valence-electron chi connectivity index (χ0n) is 14.4. The summed E-state index contributed by atoms with van der Waals surface area (Å²) in [7, 11) is 0. The second-order valence-corrected chi connectivity index (χ2v) is 7.20. The number of likely N-dealkylation sites (tertiary alicyclic amines) is 1. The molecule has 1 aliphatic rings. The van der Waals surface area contributed by atoms with E-state index in [0.717, 1.165) is 19.3 Å². The van der Waals surface area contributed by atoms with Gasteiger partial charge in [0.15, 0.2) is 0 Å². The van der Waals surface area contributed by atoms with Crippen LogP contribution in [0, 0.1) is 0 Å². The van der Waals surface area contributed by atoms with Gasteiger partial charge in [-0.25, -0.2) is 4.79 Å². The Morgan fingerprint density at radius 1 is 1.30 bits per heavy atom. The van der Waals surface area contributed by atoms with E-state index in [1.807, 2.05) is 39.0 Å². The second-order valence-electron chi connectivity index (χ2n) is 7.20. The standard InChI is InChI=1S/C18H29N3O2/c1-18(2,3)23-17(22)21-11-9-15(10-12-21)20-16(19)13-14-7-5-4-6-8-14/h4-8,15-16,20H,9-13,19H2,1-3H3. The fourth-order valence-electron chi connectivity index (χ4n) is 2.78. The van der Waals surface area contributed by atoms with Crippen LogP contribution in [-0.2, 0) is 11.2 Å². The molecule has 0 spiro atoms. The van der Waals surface area contributed by atoms with Gasteiger partial charge < -0.3 is 15.4 Å². The van der Waals surface area contributed by atoms with Gasteiger partial charge in [-0.15, -0.1) is 0 Å². The highest BCUT2D eigenvalue weighted by molar-refractivity contribution is 5.68. The summed E-state index contributed by atoms with van der Waals surface area (Å²) >= 11 is 0. The largest absolute Gasteiger partial charge is 0.444 e. The van der Waals surface area contributed by atoms with E-state index in [2.05, 4.69) is 17.4 Å². The minimum absolute atomic E-state index is 0.0597. The molecule has 2 rings (SSSR count). The molecule has 5 nitrogen and oxygen atoms in total. The van der Waals surface area contributed by atoms with Crippen molar-refractivity contribution in [2.45, 2.75) is 57.8 Å². The van der Waals surface area contributed by atoms with Crippen molar-refractivity contribution in [1.29, 1.82) is 0 Å². The number of piperidine rings is 1. The molecule has 1 amide bonds. The average molecular weight is 319 g/mol. The maximum Gasteiger partial charge on any atom is 0.410 e. The van der Waals surface area contributed by atoms with Crippen LogP contribution in [0.25, 0.3) is 0 Å². The van der Waals surface area contributed by atoms with E-state index in [0.29, 0.717) is 19.1 Å². The Bertz CT molecular complexity index is 491. The number of nitrogens with two attached hydrogens (primary N) is 1. The molecule has 0 aliphatic carbocycles. The predicted molar refractivity (Wildman–Crippen MR) is 92.1 cm³/mol. The van der Waals surface area contributed by atoms with E-state index >= 15 is 0 Å². The molecular formula is C18H29N3O2. The van der Waals surface area contributed by atoms with Crippen LogP contribution in [-0.4, -0.2) is 41.9 Å². The Hall–Kier alpha value is -1.59. The summed E-state index contributed by atoms with van der Waals surface area (Å²) in [5.74, 6) is 0. The van der Waals surface area contributed by atoms with E-state index in [1.54, 1.807) is 4.90 Å². The Kier molecular flexibility index (Phi) is 6.02. The lowest BCUT2D eigenvalue weighted by molar-refractivity contribution is 0.0196. The molecule has 23 heavy (non-hydrogen) atoms. The van der Waals surface area contributed by atoms with E-state index in [1.165, 1.54) is 5.56 Å². The van der Waals surface area contributed by atoms with E-state index in [9.17, 15) is 4.79 Å². The maximum atomic E-state index is 12.0. The van der Waals surface area contributed by atoms with E-state index < -0.39 is 5.60 Å². The normalized spacial score (nSPS) is 17.8. The lowest BCUT2D eigenvalue weighted by Gasteiger charge is -2.34. The number of hydrogen-bond donors (Lipinski definition) is 2. The Morgan fingerprint density at radius 2 is 1.91 bits per heavy atom. The van der Waals surface area contributed by atoms with Crippen LogP contribution in [0.2, 0.25) is 0 Å². The van der Waals surface area contributed by atoms with Crippen LogP contribution in [0.1, 0.15) is 39.2 Å². The Labute approximate surface area is 139 Å². The number of carbonyl (C=O) groups excluding carboxylic acids is 1. The molecule has 0 bridgehead atoms. The van der Waals surface area contributed by atoms with Gasteiger partial charge in [0.05, 0.1) is 6.17 Å². The number of ether oxygens (including phenoxy) is 1. The number of carbonyl (C=O) groups is 1. The first-order chi connectivity index (χ1) is 10.8. The first-order valence-electron chi connectivity index (χ1n) is 8.37. The van der Waals surface area contributed by atoms with Crippen LogP contribution >= 0.6 is 0 Å². The van der Waals surface area contributed by atoms with Crippen LogP contribution in [0.3, 0.4) is 0 Å². The van der Waals surface area contributed by atoms with Gasteiger partial charge in [-0.3, -0.25) is 5.32 Å². The lowest BCUT2D eigenvalue weighted by atomic mass is 10.0.